The molecule has 368 valence electrons. The van der Waals surface area contributed by atoms with E-state index in [1.165, 1.54) is 22.3 Å². The number of oxazole rings is 2. The van der Waals surface area contributed by atoms with Crippen LogP contribution in [0, 0.1) is 0 Å². The number of aromatic nitrogens is 4. The molecule has 13 rings (SSSR count). The Morgan fingerprint density at radius 1 is 0.347 bits per heavy atom. The van der Waals surface area contributed by atoms with Crippen molar-refractivity contribution in [3.05, 3.63) is 186 Å². The molecular weight excluding hydrogens is 927 g/mol. The predicted molar refractivity (Wildman–Crippen MR) is 305 cm³/mol. The van der Waals surface area contributed by atoms with E-state index in [-0.39, 0.29) is 23.7 Å². The highest BCUT2D eigenvalue weighted by Gasteiger charge is 2.28. The van der Waals surface area contributed by atoms with Gasteiger partial charge < -0.3 is 22.6 Å². The van der Waals surface area contributed by atoms with Gasteiger partial charge in [0.05, 0.1) is 35.2 Å². The Balaban J connectivity index is 1.10. The SMILES string of the molecule is CC(C)c1cccc(C(C)C)c1-c1nc2c(-c3cc4c(cn3)oc3ccccc34)cc(N(c3ccccc3)c3cc(-c4cc5c(cn4)oc4ccccc45)c4nc(-c5c(C(C)C)cccc5C(C)C)oc4c3)cc2o1. The Hall–Kier alpha value is -8.82. The number of nitrogens with zero attached hydrogens (tertiary/aromatic N) is 5. The fourth-order valence-electron chi connectivity index (χ4n) is 11.1. The molecule has 75 heavy (non-hydrogen) atoms. The zero-order valence-electron chi connectivity index (χ0n) is 43.3. The molecule has 0 fully saturated rings. The maximum atomic E-state index is 7.12. The lowest BCUT2D eigenvalue weighted by molar-refractivity contribution is 0.615. The van der Waals surface area contributed by atoms with Crippen molar-refractivity contribution in [3.8, 4) is 45.4 Å². The van der Waals surface area contributed by atoms with Crippen molar-refractivity contribution in [1.29, 1.82) is 0 Å². The molecule has 13 aromatic rings. The fourth-order valence-corrected chi connectivity index (χ4v) is 11.1. The van der Waals surface area contributed by atoms with Gasteiger partial charge in [-0.05, 0) is 94.5 Å². The lowest BCUT2D eigenvalue weighted by Crippen LogP contribution is -2.10. The molecule has 0 spiro atoms. The quantitative estimate of drug-likeness (QED) is 0.125. The number of hydrogen-bond donors (Lipinski definition) is 0. The van der Waals surface area contributed by atoms with E-state index in [0.717, 1.165) is 83.4 Å². The smallest absolute Gasteiger partial charge is 0.227 e. The second-order valence-corrected chi connectivity index (χ2v) is 21.0. The summed E-state index contributed by atoms with van der Waals surface area (Å²) in [5.74, 6) is 2.08. The largest absolute Gasteiger partial charge is 0.454 e. The van der Waals surface area contributed by atoms with Gasteiger partial charge in [-0.1, -0.05) is 146 Å². The van der Waals surface area contributed by atoms with E-state index in [0.29, 0.717) is 45.1 Å². The normalized spacial score (nSPS) is 12.2. The van der Waals surface area contributed by atoms with E-state index >= 15 is 0 Å². The van der Waals surface area contributed by atoms with Gasteiger partial charge in [-0.3, -0.25) is 9.97 Å². The molecule has 0 radical (unpaired) electrons. The molecule has 0 aliphatic heterocycles. The van der Waals surface area contributed by atoms with Gasteiger partial charge in [0.1, 0.15) is 22.2 Å². The second-order valence-electron chi connectivity index (χ2n) is 21.0. The summed E-state index contributed by atoms with van der Waals surface area (Å²) in [6.45, 7) is 17.8. The van der Waals surface area contributed by atoms with Gasteiger partial charge in [0, 0.05) is 61.6 Å². The first-order valence-corrected chi connectivity index (χ1v) is 26.0. The molecular formula is C66H55N5O4. The molecule has 0 unspecified atom stereocenters. The van der Waals surface area contributed by atoms with Crippen molar-refractivity contribution in [1.82, 2.24) is 19.9 Å². The molecule has 0 saturated heterocycles. The van der Waals surface area contributed by atoms with Crippen LogP contribution in [-0.4, -0.2) is 19.9 Å². The average Bonchev–Trinajstić information content (AvgIpc) is 4.26. The Kier molecular flexibility index (Phi) is 11.0. The molecule has 0 N–H and O–H groups in total. The summed E-state index contributed by atoms with van der Waals surface area (Å²) in [7, 11) is 0. The minimum atomic E-state index is 0.231. The summed E-state index contributed by atoms with van der Waals surface area (Å²) in [5, 5.41) is 3.97. The predicted octanol–water partition coefficient (Wildman–Crippen LogP) is 19.2. The Morgan fingerprint density at radius 3 is 1.16 bits per heavy atom. The van der Waals surface area contributed by atoms with E-state index in [2.05, 4.69) is 169 Å². The summed E-state index contributed by atoms with van der Waals surface area (Å²) >= 11 is 0. The maximum Gasteiger partial charge on any atom is 0.227 e. The van der Waals surface area contributed by atoms with Gasteiger partial charge in [0.15, 0.2) is 22.3 Å². The molecule has 0 atom stereocenters. The van der Waals surface area contributed by atoms with Gasteiger partial charge in [-0.25, -0.2) is 9.97 Å². The van der Waals surface area contributed by atoms with Crippen LogP contribution in [-0.2, 0) is 0 Å². The number of fused-ring (bicyclic) bond motifs is 8. The molecule has 9 heteroatoms. The van der Waals surface area contributed by atoms with Crippen LogP contribution in [0.15, 0.2) is 182 Å². The zero-order valence-corrected chi connectivity index (χ0v) is 43.3. The highest BCUT2D eigenvalue weighted by Crippen LogP contribution is 2.47. The summed E-state index contributed by atoms with van der Waals surface area (Å²) in [6, 6.07) is 52.5. The third-order valence-corrected chi connectivity index (χ3v) is 14.7. The Bertz CT molecular complexity index is 4030. The molecule has 9 nitrogen and oxygen atoms in total. The third kappa shape index (κ3) is 7.75. The molecule has 6 heterocycles. The van der Waals surface area contributed by atoms with Crippen molar-refractivity contribution in [2.24, 2.45) is 0 Å². The highest BCUT2D eigenvalue weighted by atomic mass is 16.4. The van der Waals surface area contributed by atoms with Crippen LogP contribution >= 0.6 is 0 Å². The van der Waals surface area contributed by atoms with Crippen molar-refractivity contribution in [2.45, 2.75) is 79.1 Å². The minimum absolute atomic E-state index is 0.231. The van der Waals surface area contributed by atoms with Gasteiger partial charge >= 0.3 is 0 Å². The number of furan rings is 2. The van der Waals surface area contributed by atoms with Crippen LogP contribution < -0.4 is 4.90 Å². The fraction of sp³-hybridized carbons (Fsp3) is 0.182. The molecule has 0 aliphatic carbocycles. The number of para-hydroxylation sites is 3. The van der Waals surface area contributed by atoms with E-state index in [4.69, 9.17) is 37.6 Å². The van der Waals surface area contributed by atoms with Gasteiger partial charge in [-0.2, -0.15) is 0 Å². The van der Waals surface area contributed by atoms with E-state index in [1.54, 1.807) is 0 Å². The van der Waals surface area contributed by atoms with Crippen LogP contribution in [0.5, 0.6) is 0 Å². The van der Waals surface area contributed by atoms with Crippen molar-refractivity contribution < 1.29 is 17.7 Å². The van der Waals surface area contributed by atoms with Gasteiger partial charge in [0.2, 0.25) is 11.8 Å². The minimum Gasteiger partial charge on any atom is -0.454 e. The van der Waals surface area contributed by atoms with Crippen LogP contribution in [0.3, 0.4) is 0 Å². The molecule has 0 aliphatic rings. The standard InChI is InChI=1S/C66H55N5O4/c1-36(2)43-22-16-23-44(37(3)4)61(43)65-69-63-51(53-32-49-47-20-12-14-26-55(47)72-59(49)34-67-53)28-41(30-57(63)74-65)71(40-18-10-9-11-19-40)42-29-52(54-33-50-48-21-13-15-27-56(48)73-60(50)35-68-54)64-58(31-42)75-66(70-64)62-45(38(5)6)24-17-25-46(62)39(7)8/h9-39H,1-8H3. The highest BCUT2D eigenvalue weighted by molar-refractivity contribution is 6.09. The topological polar surface area (TPSA) is 107 Å². The van der Waals surface area contributed by atoms with Gasteiger partial charge in [0.25, 0.3) is 0 Å². The van der Waals surface area contributed by atoms with E-state index in [9.17, 15) is 0 Å². The summed E-state index contributed by atoms with van der Waals surface area (Å²) in [4.78, 5) is 23.4. The Labute approximate surface area is 434 Å². The first-order valence-electron chi connectivity index (χ1n) is 26.0. The van der Waals surface area contributed by atoms with Crippen LogP contribution in [0.2, 0.25) is 0 Å². The van der Waals surface area contributed by atoms with E-state index < -0.39 is 0 Å². The first kappa shape index (κ1) is 46.0. The summed E-state index contributed by atoms with van der Waals surface area (Å²) in [6.07, 6.45) is 3.64. The molecule has 0 saturated carbocycles. The average molecular weight is 982 g/mol. The molecule has 0 bridgehead atoms. The zero-order chi connectivity index (χ0) is 51.2. The second kappa shape index (κ2) is 18.0. The number of rotatable bonds is 11. The van der Waals surface area contributed by atoms with Crippen molar-refractivity contribution in [2.75, 3.05) is 4.90 Å². The Morgan fingerprint density at radius 2 is 0.747 bits per heavy atom. The van der Waals surface area contributed by atoms with Crippen molar-refractivity contribution >= 4 is 83.1 Å². The number of pyridine rings is 2. The maximum absolute atomic E-state index is 7.12. The van der Waals surface area contributed by atoms with Crippen molar-refractivity contribution in [3.63, 3.8) is 0 Å². The lowest BCUT2D eigenvalue weighted by atomic mass is 9.88. The lowest BCUT2D eigenvalue weighted by Gasteiger charge is -2.26. The monoisotopic (exact) mass is 981 g/mol. The van der Waals surface area contributed by atoms with Crippen LogP contribution in [0.25, 0.3) is 111 Å². The molecule has 7 aromatic carbocycles. The van der Waals surface area contributed by atoms with Crippen LogP contribution in [0.1, 0.15) is 101 Å². The van der Waals surface area contributed by atoms with E-state index in [1.807, 2.05) is 54.9 Å². The van der Waals surface area contributed by atoms with Gasteiger partial charge in [-0.15, -0.1) is 0 Å². The summed E-state index contributed by atoms with van der Waals surface area (Å²) in [5.41, 5.74) is 18.2. The third-order valence-electron chi connectivity index (χ3n) is 14.7. The molecule has 0 amide bonds. The first-order chi connectivity index (χ1) is 36.5. The summed E-state index contributed by atoms with van der Waals surface area (Å²) < 4.78 is 26.8. The number of anilines is 3. The van der Waals surface area contributed by atoms with Crippen LogP contribution in [0.4, 0.5) is 17.1 Å². The molecule has 6 aromatic heterocycles. The number of hydrogen-bond acceptors (Lipinski definition) is 9. The number of benzene rings is 7.